The molecule has 0 saturated heterocycles. The van der Waals surface area contributed by atoms with E-state index in [4.69, 9.17) is 16.8 Å². The van der Waals surface area contributed by atoms with Crippen LogP contribution in [0.4, 0.5) is 0 Å². The lowest BCUT2D eigenvalue weighted by Gasteiger charge is -2.03. The Kier molecular flexibility index (Phi) is 3.33. The fourth-order valence-corrected chi connectivity index (χ4v) is 2.53. The third-order valence-electron chi connectivity index (χ3n) is 1.08. The predicted molar refractivity (Wildman–Crippen MR) is 50.3 cm³/mol. The molecule has 2 nitrogen and oxygen atoms in total. The van der Waals surface area contributed by atoms with Crippen molar-refractivity contribution in [1.29, 1.82) is 0 Å². The number of hydrogen-bond donors (Lipinski definition) is 1. The quantitative estimate of drug-likeness (QED) is 0.823. The summed E-state index contributed by atoms with van der Waals surface area (Å²) in [5, 5.41) is 10.0. The molecule has 0 unspecified atom stereocenters. The fraction of sp³-hybridized carbons (Fsp3) is 0.333. The van der Waals surface area contributed by atoms with Gasteiger partial charge in [0, 0.05) is 16.4 Å². The number of rotatable bonds is 2. The van der Waals surface area contributed by atoms with Crippen LogP contribution in [0.2, 0.25) is 4.34 Å². The monoisotopic (exact) mass is 255 g/mol. The molecule has 0 radical (unpaired) electrons. The lowest BCUT2D eigenvalue weighted by molar-refractivity contribution is -0.0723. The van der Waals surface area contributed by atoms with E-state index in [0.717, 1.165) is 18.7 Å². The van der Waals surface area contributed by atoms with Gasteiger partial charge in [-0.15, -0.1) is 11.3 Å². The van der Waals surface area contributed by atoms with Crippen molar-refractivity contribution in [2.45, 2.75) is 6.54 Å². The molecule has 1 heterocycles. The molecule has 1 aromatic rings. The van der Waals surface area contributed by atoms with Gasteiger partial charge in [-0.25, -0.2) is 0 Å². The van der Waals surface area contributed by atoms with Gasteiger partial charge in [0.1, 0.15) is 4.34 Å². The van der Waals surface area contributed by atoms with E-state index in [2.05, 4.69) is 15.9 Å². The minimum Gasteiger partial charge on any atom is -0.314 e. The van der Waals surface area contributed by atoms with Crippen molar-refractivity contribution in [2.75, 3.05) is 7.05 Å². The largest absolute Gasteiger partial charge is 0.314 e. The van der Waals surface area contributed by atoms with Crippen LogP contribution in [-0.4, -0.2) is 17.3 Å². The molecule has 1 rings (SSSR count). The maximum atomic E-state index is 8.89. The van der Waals surface area contributed by atoms with Crippen LogP contribution in [0.15, 0.2) is 10.5 Å². The second-order valence-corrected chi connectivity index (χ2v) is 4.74. The molecule has 1 aromatic heterocycles. The van der Waals surface area contributed by atoms with Gasteiger partial charge in [-0.1, -0.05) is 11.6 Å². The first-order chi connectivity index (χ1) is 5.09. The molecule has 1 N–H and O–H groups in total. The van der Waals surface area contributed by atoms with Crippen LogP contribution in [0.5, 0.6) is 0 Å². The van der Waals surface area contributed by atoms with Crippen LogP contribution >= 0.6 is 38.9 Å². The van der Waals surface area contributed by atoms with E-state index < -0.39 is 0 Å². The fourth-order valence-electron chi connectivity index (χ4n) is 0.695. The van der Waals surface area contributed by atoms with Gasteiger partial charge in [0.25, 0.3) is 0 Å². The molecule has 0 aliphatic rings. The van der Waals surface area contributed by atoms with E-state index >= 15 is 0 Å². The van der Waals surface area contributed by atoms with Gasteiger partial charge in [-0.3, -0.25) is 0 Å². The van der Waals surface area contributed by atoms with Gasteiger partial charge >= 0.3 is 0 Å². The molecular weight excluding hydrogens is 249 g/mol. The molecule has 0 fully saturated rings. The Morgan fingerprint density at radius 1 is 1.82 bits per heavy atom. The third-order valence-corrected chi connectivity index (χ3v) is 3.54. The Bertz CT molecular complexity index is 231. The van der Waals surface area contributed by atoms with Gasteiger partial charge < -0.3 is 5.21 Å². The summed E-state index contributed by atoms with van der Waals surface area (Å²) < 4.78 is 1.61. The molecule has 0 amide bonds. The number of hydroxylamine groups is 2. The first-order valence-corrected chi connectivity index (χ1v) is 4.92. The maximum absolute atomic E-state index is 8.89. The highest BCUT2D eigenvalue weighted by atomic mass is 79.9. The zero-order valence-electron chi connectivity index (χ0n) is 5.84. The molecule has 11 heavy (non-hydrogen) atoms. The summed E-state index contributed by atoms with van der Waals surface area (Å²) in [4.78, 5) is 1.03. The molecule has 0 aliphatic carbocycles. The third kappa shape index (κ3) is 2.72. The van der Waals surface area contributed by atoms with Crippen molar-refractivity contribution in [2.24, 2.45) is 0 Å². The molecule has 5 heteroatoms. The molecule has 0 saturated carbocycles. The molecule has 0 bridgehead atoms. The van der Waals surface area contributed by atoms with Crippen molar-refractivity contribution in [3.8, 4) is 0 Å². The molecule has 0 aromatic carbocycles. The van der Waals surface area contributed by atoms with Crippen molar-refractivity contribution < 1.29 is 5.21 Å². The standard InChI is InChI=1S/C6H7BrClNOS/c1-9(10)3-4-2-5(7)6(8)11-4/h2,10H,3H2,1H3. The van der Waals surface area contributed by atoms with E-state index in [9.17, 15) is 0 Å². The molecule has 62 valence electrons. The van der Waals surface area contributed by atoms with Crippen molar-refractivity contribution in [1.82, 2.24) is 5.06 Å². The van der Waals surface area contributed by atoms with E-state index in [1.807, 2.05) is 6.07 Å². The number of halogens is 2. The van der Waals surface area contributed by atoms with Gasteiger partial charge in [-0.2, -0.15) is 5.06 Å². The average Bonchev–Trinajstić information content (AvgIpc) is 2.10. The van der Waals surface area contributed by atoms with Gasteiger partial charge in [0.2, 0.25) is 0 Å². The van der Waals surface area contributed by atoms with Crippen molar-refractivity contribution in [3.63, 3.8) is 0 Å². The Morgan fingerprint density at radius 3 is 2.82 bits per heavy atom. The topological polar surface area (TPSA) is 23.5 Å². The lowest BCUT2D eigenvalue weighted by atomic mass is 10.5. The van der Waals surface area contributed by atoms with Crippen molar-refractivity contribution >= 4 is 38.9 Å². The number of thiophene rings is 1. The Hall–Kier alpha value is 0.390. The van der Waals surface area contributed by atoms with Gasteiger partial charge in [0.05, 0.1) is 6.54 Å². The summed E-state index contributed by atoms with van der Waals surface area (Å²) in [5.41, 5.74) is 0. The summed E-state index contributed by atoms with van der Waals surface area (Å²) in [7, 11) is 1.60. The summed E-state index contributed by atoms with van der Waals surface area (Å²) in [6.45, 7) is 0.510. The first-order valence-electron chi connectivity index (χ1n) is 2.93. The zero-order valence-corrected chi connectivity index (χ0v) is 9.00. The minimum atomic E-state index is 0.510. The highest BCUT2D eigenvalue weighted by Crippen LogP contribution is 2.32. The van der Waals surface area contributed by atoms with E-state index in [-0.39, 0.29) is 0 Å². The Labute approximate surface area is 82.5 Å². The number of nitrogens with zero attached hydrogens (tertiary/aromatic N) is 1. The second kappa shape index (κ2) is 3.87. The van der Waals surface area contributed by atoms with Crippen LogP contribution < -0.4 is 0 Å². The van der Waals surface area contributed by atoms with E-state index in [0.29, 0.717) is 6.54 Å². The maximum Gasteiger partial charge on any atom is 0.107 e. The summed E-state index contributed by atoms with van der Waals surface area (Å²) in [5.74, 6) is 0. The van der Waals surface area contributed by atoms with Crippen LogP contribution in [0, 0.1) is 0 Å². The highest BCUT2D eigenvalue weighted by Gasteiger charge is 2.04. The Morgan fingerprint density at radius 2 is 2.45 bits per heavy atom. The van der Waals surface area contributed by atoms with Crippen LogP contribution in [0.1, 0.15) is 4.88 Å². The zero-order chi connectivity index (χ0) is 8.43. The van der Waals surface area contributed by atoms with Crippen LogP contribution in [0.3, 0.4) is 0 Å². The first kappa shape index (κ1) is 9.48. The smallest absolute Gasteiger partial charge is 0.107 e. The van der Waals surface area contributed by atoms with E-state index in [1.54, 1.807) is 7.05 Å². The van der Waals surface area contributed by atoms with Crippen LogP contribution in [0.25, 0.3) is 0 Å². The normalized spacial score (nSPS) is 11.0. The van der Waals surface area contributed by atoms with Gasteiger partial charge in [0.15, 0.2) is 0 Å². The van der Waals surface area contributed by atoms with Crippen LogP contribution in [-0.2, 0) is 6.54 Å². The molecule has 0 spiro atoms. The van der Waals surface area contributed by atoms with Crippen molar-refractivity contribution in [3.05, 3.63) is 19.8 Å². The Balaban J connectivity index is 2.73. The summed E-state index contributed by atoms with van der Waals surface area (Å²) in [6.07, 6.45) is 0. The lowest BCUT2D eigenvalue weighted by Crippen LogP contribution is -2.10. The number of hydrogen-bond acceptors (Lipinski definition) is 3. The molecule has 0 aliphatic heterocycles. The van der Waals surface area contributed by atoms with E-state index in [1.165, 1.54) is 11.3 Å². The highest BCUT2D eigenvalue weighted by molar-refractivity contribution is 9.10. The summed E-state index contributed by atoms with van der Waals surface area (Å²) >= 11 is 10.5. The predicted octanol–water partition coefficient (Wildman–Crippen LogP) is 2.99. The SMILES string of the molecule is CN(O)Cc1cc(Br)c(Cl)s1. The molecule has 0 atom stereocenters. The molecular formula is C6H7BrClNOS. The van der Waals surface area contributed by atoms with Gasteiger partial charge in [-0.05, 0) is 22.0 Å². The average molecular weight is 257 g/mol. The summed E-state index contributed by atoms with van der Waals surface area (Å²) in [6, 6.07) is 1.90. The minimum absolute atomic E-state index is 0.510. The second-order valence-electron chi connectivity index (χ2n) is 2.15.